The van der Waals surface area contributed by atoms with Gasteiger partial charge >= 0.3 is 17.8 Å². The Morgan fingerprint density at radius 2 is 1.80 bits per heavy atom. The van der Waals surface area contributed by atoms with Gasteiger partial charge in [0, 0.05) is 55.5 Å². The smallest absolute Gasteiger partial charge is 0.328 e. The largest absolute Gasteiger partial charge is 0.383 e. The number of hydrogen-bond acceptors (Lipinski definition) is 13. The van der Waals surface area contributed by atoms with Gasteiger partial charge in [-0.15, -0.1) is 0 Å². The minimum Gasteiger partial charge on any atom is -0.383 e. The molecule has 0 spiro atoms. The molecule has 17 nitrogen and oxygen atoms in total. The summed E-state index contributed by atoms with van der Waals surface area (Å²) < 4.78 is 5.23. The fourth-order valence-corrected chi connectivity index (χ4v) is 7.73. The number of piperidine rings is 1. The number of hydrogen-bond donors (Lipinski definition) is 5. The van der Waals surface area contributed by atoms with Gasteiger partial charge in [0.05, 0.1) is 46.9 Å². The number of H-pyrrole nitrogens is 1. The quantitative estimate of drug-likeness (QED) is 0.0857. The molecule has 61 heavy (non-hydrogen) atoms. The molecule has 17 heteroatoms. The average molecular weight is 826 g/mol. The Morgan fingerprint density at radius 1 is 0.967 bits per heavy atom. The maximum Gasteiger partial charge on any atom is 0.328 e. The zero-order chi connectivity index (χ0) is 42.7. The number of rotatable bonds is 13. The van der Waals surface area contributed by atoms with Gasteiger partial charge in [-0.3, -0.25) is 24.8 Å². The predicted molar refractivity (Wildman–Crippen MR) is 232 cm³/mol. The molecule has 2 saturated heterocycles. The number of benzene rings is 1. The van der Waals surface area contributed by atoms with Gasteiger partial charge in [-0.25, -0.2) is 19.7 Å². The normalized spacial score (nSPS) is 15.6. The lowest BCUT2D eigenvalue weighted by Gasteiger charge is -2.33. The molecule has 0 bridgehead atoms. The molecule has 4 amide bonds. The van der Waals surface area contributed by atoms with Gasteiger partial charge in [0.2, 0.25) is 5.91 Å². The van der Waals surface area contributed by atoms with Crippen LogP contribution in [0.1, 0.15) is 80.6 Å². The number of aromatic nitrogens is 7. The van der Waals surface area contributed by atoms with Gasteiger partial charge in [-0.2, -0.15) is 4.98 Å². The number of carbonyl (C=O) groups excluding carboxylic acids is 3. The number of carbonyl (C=O) groups is 3. The SMILES string of the molecule is Cc1cc(-c2ncnc3[nH]c(-c4ccc(NCCNCC5CCN(c6ccc(N7CCC(=O)NC7=O)cn6)CC5)cn4)cc23)ccc1[C@@H](C)NC(=O)c1nc(C(C)(C)C)no1. The van der Waals surface area contributed by atoms with E-state index in [1.807, 2.05) is 83.3 Å². The van der Waals surface area contributed by atoms with Crippen molar-refractivity contribution in [2.24, 2.45) is 5.92 Å². The van der Waals surface area contributed by atoms with Gasteiger partial charge in [0.15, 0.2) is 5.82 Å². The molecule has 6 aromatic rings. The monoisotopic (exact) mass is 825 g/mol. The number of imide groups is 1. The second-order valence-electron chi connectivity index (χ2n) is 16.7. The second kappa shape index (κ2) is 17.5. The molecule has 5 aromatic heterocycles. The van der Waals surface area contributed by atoms with Crippen LogP contribution in [0.5, 0.6) is 0 Å². The lowest BCUT2D eigenvalue weighted by molar-refractivity contribution is -0.120. The summed E-state index contributed by atoms with van der Waals surface area (Å²) in [4.78, 5) is 66.6. The zero-order valence-corrected chi connectivity index (χ0v) is 35.1. The first-order valence-electron chi connectivity index (χ1n) is 20.7. The first-order chi connectivity index (χ1) is 29.4. The Hall–Kier alpha value is -6.75. The highest BCUT2D eigenvalue weighted by atomic mass is 16.5. The molecule has 1 aromatic carbocycles. The van der Waals surface area contributed by atoms with Crippen molar-refractivity contribution in [1.82, 2.24) is 51.0 Å². The molecule has 2 aliphatic rings. The van der Waals surface area contributed by atoms with E-state index >= 15 is 0 Å². The lowest BCUT2D eigenvalue weighted by Crippen LogP contribution is -2.49. The molecule has 2 fully saturated rings. The molecule has 1 atom stereocenters. The van der Waals surface area contributed by atoms with Crippen LogP contribution >= 0.6 is 0 Å². The van der Waals surface area contributed by atoms with Crippen LogP contribution in [0.25, 0.3) is 33.7 Å². The summed E-state index contributed by atoms with van der Waals surface area (Å²) in [6, 6.07) is 15.3. The number of amides is 4. The van der Waals surface area contributed by atoms with E-state index in [1.54, 1.807) is 17.4 Å². The van der Waals surface area contributed by atoms with E-state index in [2.05, 4.69) is 62.3 Å². The summed E-state index contributed by atoms with van der Waals surface area (Å²) >= 11 is 0. The summed E-state index contributed by atoms with van der Waals surface area (Å²) in [5, 5.41) is 17.3. The van der Waals surface area contributed by atoms with Gasteiger partial charge < -0.3 is 30.4 Å². The van der Waals surface area contributed by atoms with E-state index < -0.39 is 11.9 Å². The van der Waals surface area contributed by atoms with Crippen molar-refractivity contribution in [3.05, 3.63) is 90.1 Å². The van der Waals surface area contributed by atoms with Crippen LogP contribution in [0, 0.1) is 12.8 Å². The highest BCUT2D eigenvalue weighted by Crippen LogP contribution is 2.32. The molecule has 7 heterocycles. The summed E-state index contributed by atoms with van der Waals surface area (Å²) in [7, 11) is 0. The minimum absolute atomic E-state index is 0.0559. The molecule has 8 rings (SSSR count). The number of aromatic amines is 1. The maximum atomic E-state index is 12.9. The van der Waals surface area contributed by atoms with Crippen molar-refractivity contribution in [1.29, 1.82) is 0 Å². The highest BCUT2D eigenvalue weighted by Gasteiger charge is 2.27. The fraction of sp³-hybridized carbons (Fsp3) is 0.386. The standard InChI is InChI=1S/C44H51N13O4/c1-26-20-29(6-9-32(26)27(2)51-40(59)41-54-42(55-61-41)44(3,4)5)38-33-21-35(52-39(33)50-25-49-38)34-10-7-30(23-47-34)46-16-15-45-22-28-12-17-56(18-13-28)36-11-8-31(24-48-36)57-19-14-37(58)53-43(57)60/h6-11,20-21,23-25,27-28,45-46H,12-19,22H2,1-5H3,(H,51,59)(H,49,50,52)(H,53,58,60)/t27-/m1/s1. The molecule has 0 radical (unpaired) electrons. The Morgan fingerprint density at radius 3 is 2.51 bits per heavy atom. The van der Waals surface area contributed by atoms with Crippen molar-refractivity contribution < 1.29 is 18.9 Å². The molecule has 2 aliphatic heterocycles. The summed E-state index contributed by atoms with van der Waals surface area (Å²) in [6.45, 7) is 14.6. The maximum absolute atomic E-state index is 12.9. The Bertz CT molecular complexity index is 2520. The van der Waals surface area contributed by atoms with Crippen LogP contribution in [0.2, 0.25) is 0 Å². The predicted octanol–water partition coefficient (Wildman–Crippen LogP) is 5.93. The van der Waals surface area contributed by atoms with E-state index in [0.717, 1.165) is 96.2 Å². The third-order valence-corrected chi connectivity index (χ3v) is 11.2. The second-order valence-corrected chi connectivity index (χ2v) is 16.7. The number of urea groups is 1. The van der Waals surface area contributed by atoms with Crippen LogP contribution in [-0.4, -0.2) is 92.2 Å². The molecule has 316 valence electrons. The number of fused-ring (bicyclic) bond motifs is 1. The van der Waals surface area contributed by atoms with Crippen molar-refractivity contribution in [3.8, 4) is 22.6 Å². The third-order valence-electron chi connectivity index (χ3n) is 11.2. The number of aryl methyl sites for hydroxylation is 1. The summed E-state index contributed by atoms with van der Waals surface area (Å²) in [6.07, 6.45) is 7.54. The van der Waals surface area contributed by atoms with Gasteiger partial charge in [-0.05, 0) is 86.7 Å². The average Bonchev–Trinajstić information content (AvgIpc) is 3.94. The van der Waals surface area contributed by atoms with E-state index in [1.165, 1.54) is 0 Å². The number of nitrogens with zero attached hydrogens (tertiary/aromatic N) is 8. The topological polar surface area (TPSA) is 212 Å². The van der Waals surface area contributed by atoms with E-state index in [0.29, 0.717) is 29.6 Å². The molecule has 5 N–H and O–H groups in total. The Kier molecular flexibility index (Phi) is 11.7. The zero-order valence-electron chi connectivity index (χ0n) is 35.1. The van der Waals surface area contributed by atoms with Gasteiger partial charge in [-0.1, -0.05) is 38.1 Å². The van der Waals surface area contributed by atoms with Crippen LogP contribution in [0.3, 0.4) is 0 Å². The van der Waals surface area contributed by atoms with Crippen LogP contribution in [0.4, 0.5) is 22.0 Å². The first kappa shape index (κ1) is 41.0. The molecule has 0 saturated carbocycles. The van der Waals surface area contributed by atoms with Crippen molar-refractivity contribution in [3.63, 3.8) is 0 Å². The van der Waals surface area contributed by atoms with Crippen molar-refractivity contribution in [2.45, 2.75) is 65.3 Å². The molecule has 0 aliphatic carbocycles. The van der Waals surface area contributed by atoms with Crippen LogP contribution in [0.15, 0.2) is 71.8 Å². The molecular formula is C44H51N13O4. The van der Waals surface area contributed by atoms with Gasteiger partial charge in [0.25, 0.3) is 0 Å². The van der Waals surface area contributed by atoms with Crippen molar-refractivity contribution in [2.75, 3.05) is 54.4 Å². The fourth-order valence-electron chi connectivity index (χ4n) is 7.73. The van der Waals surface area contributed by atoms with Crippen molar-refractivity contribution >= 4 is 46.1 Å². The van der Waals surface area contributed by atoms with Crippen LogP contribution < -0.4 is 31.1 Å². The number of pyridine rings is 2. The summed E-state index contributed by atoms with van der Waals surface area (Å²) in [5.74, 6) is 1.25. The number of anilines is 3. The van der Waals surface area contributed by atoms with E-state index in [-0.39, 0.29) is 29.7 Å². The summed E-state index contributed by atoms with van der Waals surface area (Å²) in [5.41, 5.74) is 7.35. The molecule has 0 unspecified atom stereocenters. The lowest BCUT2D eigenvalue weighted by atomic mass is 9.96. The van der Waals surface area contributed by atoms with E-state index in [4.69, 9.17) is 9.51 Å². The Labute approximate surface area is 353 Å². The first-order valence-corrected chi connectivity index (χ1v) is 20.7. The van der Waals surface area contributed by atoms with E-state index in [9.17, 15) is 14.4 Å². The number of nitrogens with one attached hydrogen (secondary N) is 5. The Balaban J connectivity index is 0.796. The van der Waals surface area contributed by atoms with Crippen LogP contribution in [-0.2, 0) is 10.2 Å². The highest BCUT2D eigenvalue weighted by molar-refractivity contribution is 6.05. The third kappa shape index (κ3) is 9.36. The van der Waals surface area contributed by atoms with Gasteiger partial charge in [0.1, 0.15) is 17.8 Å². The minimum atomic E-state index is -0.418. The molecular weight excluding hydrogens is 775 g/mol.